The van der Waals surface area contributed by atoms with Crippen LogP contribution in [0.25, 0.3) is 4.96 Å². The molecule has 24 heavy (non-hydrogen) atoms. The van der Waals surface area contributed by atoms with Gasteiger partial charge in [0.25, 0.3) is 0 Å². The maximum Gasteiger partial charge on any atom is 0.356 e. The summed E-state index contributed by atoms with van der Waals surface area (Å²) in [5.74, 6) is -0.618. The van der Waals surface area contributed by atoms with Gasteiger partial charge < -0.3 is 10.4 Å². The number of rotatable bonds is 3. The largest absolute Gasteiger partial charge is 0.476 e. The normalized spacial score (nSPS) is 17.8. The molecule has 0 spiro atoms. The van der Waals surface area contributed by atoms with Crippen LogP contribution in [-0.4, -0.2) is 26.4 Å². The van der Waals surface area contributed by atoms with E-state index in [4.69, 9.17) is 0 Å². The zero-order valence-corrected chi connectivity index (χ0v) is 15.3. The third-order valence-corrected chi connectivity index (χ3v) is 5.95. The maximum absolute atomic E-state index is 11.5. The van der Waals surface area contributed by atoms with E-state index < -0.39 is 5.97 Å². The second kappa shape index (κ2) is 5.88. The number of carbonyl (C=O) groups excluding carboxylic acids is 1. The number of aryl methyl sites for hydroxylation is 1. The van der Waals surface area contributed by atoms with Crippen molar-refractivity contribution in [2.75, 3.05) is 0 Å². The van der Waals surface area contributed by atoms with Crippen molar-refractivity contribution < 1.29 is 14.7 Å². The van der Waals surface area contributed by atoms with Gasteiger partial charge in [0.2, 0.25) is 5.91 Å². The Kier molecular flexibility index (Phi) is 4.15. The first-order valence-electron chi connectivity index (χ1n) is 8.18. The van der Waals surface area contributed by atoms with Gasteiger partial charge in [0, 0.05) is 17.5 Å². The molecular formula is C17H23N3O3S. The summed E-state index contributed by atoms with van der Waals surface area (Å²) in [6, 6.07) is 0. The molecule has 1 atom stereocenters. The summed E-state index contributed by atoms with van der Waals surface area (Å²) in [5, 5.41) is 12.1. The van der Waals surface area contributed by atoms with E-state index >= 15 is 0 Å². The Morgan fingerprint density at radius 3 is 2.71 bits per heavy atom. The van der Waals surface area contributed by atoms with Crippen LogP contribution in [0.1, 0.15) is 60.9 Å². The van der Waals surface area contributed by atoms with Gasteiger partial charge in [-0.1, -0.05) is 20.8 Å². The van der Waals surface area contributed by atoms with E-state index in [1.54, 1.807) is 11.3 Å². The molecule has 7 heteroatoms. The van der Waals surface area contributed by atoms with Gasteiger partial charge in [0.05, 0.1) is 12.2 Å². The predicted molar refractivity (Wildman–Crippen MR) is 92.5 cm³/mol. The highest BCUT2D eigenvalue weighted by molar-refractivity contribution is 7.17. The number of amides is 1. The van der Waals surface area contributed by atoms with Crippen molar-refractivity contribution in [1.29, 1.82) is 0 Å². The first-order valence-corrected chi connectivity index (χ1v) is 8.99. The number of imidazole rings is 1. The molecule has 1 aliphatic carbocycles. The number of hydrogen-bond acceptors (Lipinski definition) is 4. The van der Waals surface area contributed by atoms with Crippen LogP contribution in [0.4, 0.5) is 0 Å². The molecule has 0 radical (unpaired) electrons. The molecule has 1 aliphatic rings. The van der Waals surface area contributed by atoms with Gasteiger partial charge >= 0.3 is 5.97 Å². The lowest BCUT2D eigenvalue weighted by atomic mass is 9.73. The minimum Gasteiger partial charge on any atom is -0.476 e. The highest BCUT2D eigenvalue weighted by Gasteiger charge is 2.33. The number of carbonyl (C=O) groups is 2. The van der Waals surface area contributed by atoms with Crippen LogP contribution in [-0.2, 0) is 24.2 Å². The molecule has 0 aromatic carbocycles. The summed E-state index contributed by atoms with van der Waals surface area (Å²) >= 11 is 1.58. The second-order valence-electron chi connectivity index (χ2n) is 7.52. The molecule has 2 heterocycles. The van der Waals surface area contributed by atoms with Crippen molar-refractivity contribution in [3.05, 3.63) is 22.0 Å². The summed E-state index contributed by atoms with van der Waals surface area (Å²) < 4.78 is 1.96. The Hall–Kier alpha value is -1.89. The standard InChI is InChI=1S/C17H23N3O3S/c1-9(21)18-8-12-14(15(22)23)19-16-20(12)11-6-5-10(17(2,3)4)7-13(11)24-16/h10H,5-8H2,1-4H3,(H,18,21)(H,22,23). The molecule has 3 rings (SSSR count). The van der Waals surface area contributed by atoms with Gasteiger partial charge in [-0.25, -0.2) is 9.78 Å². The number of carboxylic acid groups (broad SMARTS) is 1. The lowest BCUT2D eigenvalue weighted by Crippen LogP contribution is -2.27. The second-order valence-corrected chi connectivity index (χ2v) is 8.58. The van der Waals surface area contributed by atoms with E-state index in [9.17, 15) is 14.7 Å². The Bertz CT molecular complexity index is 813. The first-order chi connectivity index (χ1) is 11.2. The van der Waals surface area contributed by atoms with Crippen LogP contribution in [0.2, 0.25) is 0 Å². The molecule has 2 aromatic heterocycles. The van der Waals surface area contributed by atoms with Gasteiger partial charge in [-0.05, 0) is 30.6 Å². The molecule has 0 saturated carbocycles. The summed E-state index contributed by atoms with van der Waals surface area (Å²) in [4.78, 5) is 29.1. The van der Waals surface area contributed by atoms with Gasteiger partial charge in [0.15, 0.2) is 10.7 Å². The van der Waals surface area contributed by atoms with Crippen molar-refractivity contribution in [3.8, 4) is 0 Å². The van der Waals surface area contributed by atoms with E-state index in [0.717, 1.165) is 25.0 Å². The lowest BCUT2D eigenvalue weighted by Gasteiger charge is -2.33. The van der Waals surface area contributed by atoms with Crippen molar-refractivity contribution in [2.24, 2.45) is 11.3 Å². The number of nitrogens with zero attached hydrogens (tertiary/aromatic N) is 2. The van der Waals surface area contributed by atoms with Gasteiger partial charge in [0.1, 0.15) is 0 Å². The van der Waals surface area contributed by atoms with Crippen LogP contribution in [0.5, 0.6) is 0 Å². The summed E-state index contributed by atoms with van der Waals surface area (Å²) in [6.07, 6.45) is 3.01. The topological polar surface area (TPSA) is 83.7 Å². The third-order valence-electron chi connectivity index (χ3n) is 4.84. The van der Waals surface area contributed by atoms with Crippen molar-refractivity contribution in [2.45, 2.75) is 53.5 Å². The first kappa shape index (κ1) is 17.0. The molecule has 1 amide bonds. The Labute approximate surface area is 144 Å². The SMILES string of the molecule is CC(=O)NCc1c(C(=O)O)nc2sc3c(n12)CCC(C(C)(C)C)C3. The van der Waals surface area contributed by atoms with E-state index in [1.807, 2.05) is 4.40 Å². The number of aromatic carboxylic acids is 1. The van der Waals surface area contributed by atoms with Crippen LogP contribution in [0.3, 0.4) is 0 Å². The lowest BCUT2D eigenvalue weighted by molar-refractivity contribution is -0.119. The molecule has 0 saturated heterocycles. The quantitative estimate of drug-likeness (QED) is 0.892. The predicted octanol–water partition coefficient (Wildman–Crippen LogP) is 2.88. The van der Waals surface area contributed by atoms with E-state index in [0.29, 0.717) is 16.6 Å². The number of fused-ring (bicyclic) bond motifs is 3. The monoisotopic (exact) mass is 349 g/mol. The molecular weight excluding hydrogens is 326 g/mol. The van der Waals surface area contributed by atoms with Crippen molar-refractivity contribution in [1.82, 2.24) is 14.7 Å². The Balaban J connectivity index is 2.05. The zero-order chi connectivity index (χ0) is 17.6. The fraction of sp³-hybridized carbons (Fsp3) is 0.588. The Morgan fingerprint density at radius 2 is 2.12 bits per heavy atom. The molecule has 2 aromatic rings. The smallest absolute Gasteiger partial charge is 0.356 e. The van der Waals surface area contributed by atoms with Crippen molar-refractivity contribution in [3.63, 3.8) is 0 Å². The highest BCUT2D eigenvalue weighted by atomic mass is 32.1. The maximum atomic E-state index is 11.5. The number of aromatic nitrogens is 2. The summed E-state index contributed by atoms with van der Waals surface area (Å²) in [5.41, 5.74) is 2.03. The van der Waals surface area contributed by atoms with E-state index in [-0.39, 0.29) is 23.6 Å². The molecule has 0 bridgehead atoms. The van der Waals surface area contributed by atoms with Crippen LogP contribution < -0.4 is 5.32 Å². The van der Waals surface area contributed by atoms with Crippen molar-refractivity contribution >= 4 is 28.2 Å². The molecule has 6 nitrogen and oxygen atoms in total. The fourth-order valence-electron chi connectivity index (χ4n) is 3.40. The Morgan fingerprint density at radius 1 is 1.42 bits per heavy atom. The molecule has 2 N–H and O–H groups in total. The van der Waals surface area contributed by atoms with E-state index in [2.05, 4.69) is 31.1 Å². The number of hydrogen-bond donors (Lipinski definition) is 2. The minimum absolute atomic E-state index is 0.0377. The number of carboxylic acids is 1. The van der Waals surface area contributed by atoms with Crippen LogP contribution in [0, 0.1) is 11.3 Å². The third kappa shape index (κ3) is 2.92. The molecule has 0 aliphatic heterocycles. The highest BCUT2D eigenvalue weighted by Crippen LogP contribution is 2.40. The summed E-state index contributed by atoms with van der Waals surface area (Å²) in [7, 11) is 0. The average molecular weight is 349 g/mol. The number of nitrogens with one attached hydrogen (secondary N) is 1. The van der Waals surface area contributed by atoms with Crippen LogP contribution >= 0.6 is 11.3 Å². The van der Waals surface area contributed by atoms with Gasteiger partial charge in [-0.15, -0.1) is 11.3 Å². The van der Waals surface area contributed by atoms with E-state index in [1.165, 1.54) is 11.8 Å². The molecule has 130 valence electrons. The molecule has 0 fully saturated rings. The molecule has 1 unspecified atom stereocenters. The van der Waals surface area contributed by atoms with Crippen LogP contribution in [0.15, 0.2) is 0 Å². The average Bonchev–Trinajstić information content (AvgIpc) is 2.99. The van der Waals surface area contributed by atoms with Gasteiger partial charge in [-0.2, -0.15) is 0 Å². The fourth-order valence-corrected chi connectivity index (χ4v) is 4.67. The minimum atomic E-state index is -1.05. The zero-order valence-electron chi connectivity index (χ0n) is 14.5. The summed E-state index contributed by atoms with van der Waals surface area (Å²) in [6.45, 7) is 8.42. The van der Waals surface area contributed by atoms with Gasteiger partial charge in [-0.3, -0.25) is 9.20 Å². The number of thiazole rings is 1.